The number of hydrogen-bond donors (Lipinski definition) is 2. The van der Waals surface area contributed by atoms with E-state index < -0.39 is 0 Å². The third kappa shape index (κ3) is 6.53. The molecule has 0 rings (SSSR count). The smallest absolute Gasteiger partial charge is 0.0410 e. The molecule has 0 saturated carbocycles. The second-order valence-electron chi connectivity index (χ2n) is 2.57. The van der Waals surface area contributed by atoms with Crippen LogP contribution >= 0.6 is 11.8 Å². The summed E-state index contributed by atoms with van der Waals surface area (Å²) >= 11 is 1.93. The molecule has 0 spiro atoms. The molecule has 2 nitrogen and oxygen atoms in total. The molecule has 0 aliphatic heterocycles. The fraction of sp³-hybridized carbons (Fsp3) is 0.778. The van der Waals surface area contributed by atoms with E-state index in [2.05, 4.69) is 24.2 Å². The van der Waals surface area contributed by atoms with Gasteiger partial charge >= 0.3 is 0 Å². The van der Waals surface area contributed by atoms with E-state index in [1.165, 1.54) is 12.2 Å². The molecule has 0 aromatic rings. The Balaban J connectivity index is 3.43. The maximum absolute atomic E-state index is 5.36. The molecule has 3 N–H and O–H groups in total. The van der Waals surface area contributed by atoms with Crippen molar-refractivity contribution in [2.45, 2.75) is 32.7 Å². The van der Waals surface area contributed by atoms with Crippen LogP contribution in [0.2, 0.25) is 0 Å². The molecule has 0 aliphatic carbocycles. The van der Waals surface area contributed by atoms with E-state index in [4.69, 9.17) is 5.84 Å². The zero-order valence-electron chi connectivity index (χ0n) is 7.89. The van der Waals surface area contributed by atoms with Gasteiger partial charge in [0.1, 0.15) is 0 Å². The van der Waals surface area contributed by atoms with Crippen LogP contribution in [0.25, 0.3) is 0 Å². The molecule has 12 heavy (non-hydrogen) atoms. The molecule has 70 valence electrons. The van der Waals surface area contributed by atoms with Crippen molar-refractivity contribution >= 4 is 11.8 Å². The standard InChI is InChI=1S/C9H18N2S/c1-3-5-6-9(11-10)8-12-7-4-2/h9,11H,4,6-8,10H2,1-2H3. The second kappa shape index (κ2) is 8.92. The largest absolute Gasteiger partial charge is 0.271 e. The Morgan fingerprint density at radius 3 is 2.83 bits per heavy atom. The third-order valence-electron chi connectivity index (χ3n) is 1.43. The van der Waals surface area contributed by atoms with Gasteiger partial charge in [0.25, 0.3) is 0 Å². The SMILES string of the molecule is CC#CCC(CSCCC)NN. The van der Waals surface area contributed by atoms with Crippen LogP contribution < -0.4 is 11.3 Å². The number of hydrazine groups is 1. The second-order valence-corrected chi connectivity index (χ2v) is 3.72. The normalized spacial score (nSPS) is 11.9. The van der Waals surface area contributed by atoms with Crippen LogP contribution in [0.15, 0.2) is 0 Å². The molecule has 1 unspecified atom stereocenters. The van der Waals surface area contributed by atoms with E-state index in [0.29, 0.717) is 6.04 Å². The van der Waals surface area contributed by atoms with Gasteiger partial charge in [-0.25, -0.2) is 0 Å². The van der Waals surface area contributed by atoms with Gasteiger partial charge in [-0.05, 0) is 19.1 Å². The van der Waals surface area contributed by atoms with Crippen LogP contribution in [0.5, 0.6) is 0 Å². The van der Waals surface area contributed by atoms with Crippen molar-refractivity contribution in [2.75, 3.05) is 11.5 Å². The van der Waals surface area contributed by atoms with E-state index in [1.54, 1.807) is 0 Å². The highest BCUT2D eigenvalue weighted by molar-refractivity contribution is 7.99. The summed E-state index contributed by atoms with van der Waals surface area (Å²) in [6.45, 7) is 4.04. The minimum Gasteiger partial charge on any atom is -0.271 e. The van der Waals surface area contributed by atoms with Gasteiger partial charge in [0, 0.05) is 18.2 Å². The first-order valence-corrected chi connectivity index (χ1v) is 5.44. The van der Waals surface area contributed by atoms with Gasteiger partial charge in [-0.15, -0.1) is 11.8 Å². The molecule has 0 fully saturated rings. The van der Waals surface area contributed by atoms with E-state index >= 15 is 0 Å². The molecule has 0 aliphatic rings. The molecular weight excluding hydrogens is 168 g/mol. The molecule has 1 atom stereocenters. The van der Waals surface area contributed by atoms with E-state index in [-0.39, 0.29) is 0 Å². The van der Waals surface area contributed by atoms with E-state index in [1.807, 2.05) is 18.7 Å². The summed E-state index contributed by atoms with van der Waals surface area (Å²) in [5.74, 6) is 13.5. The molecule has 0 aromatic carbocycles. The van der Waals surface area contributed by atoms with Crippen LogP contribution in [-0.2, 0) is 0 Å². The zero-order chi connectivity index (χ0) is 9.23. The van der Waals surface area contributed by atoms with Gasteiger partial charge < -0.3 is 0 Å². The van der Waals surface area contributed by atoms with Crippen LogP contribution in [0.4, 0.5) is 0 Å². The molecule has 0 aromatic heterocycles. The van der Waals surface area contributed by atoms with Gasteiger partial charge in [-0.2, -0.15) is 11.8 Å². The molecule has 0 radical (unpaired) electrons. The van der Waals surface area contributed by atoms with Crippen molar-refractivity contribution in [1.29, 1.82) is 0 Å². The average Bonchev–Trinajstić information content (AvgIpc) is 2.11. The van der Waals surface area contributed by atoms with Crippen molar-refractivity contribution in [2.24, 2.45) is 5.84 Å². The lowest BCUT2D eigenvalue weighted by Gasteiger charge is -2.11. The number of hydrogen-bond acceptors (Lipinski definition) is 3. The molecule has 0 heterocycles. The monoisotopic (exact) mass is 186 g/mol. The van der Waals surface area contributed by atoms with Gasteiger partial charge in [0.15, 0.2) is 0 Å². The third-order valence-corrected chi connectivity index (χ3v) is 2.76. The number of nitrogens with one attached hydrogen (secondary N) is 1. The summed E-state index contributed by atoms with van der Waals surface area (Å²) in [7, 11) is 0. The van der Waals surface area contributed by atoms with Gasteiger partial charge in [-0.3, -0.25) is 11.3 Å². The number of nitrogens with two attached hydrogens (primary N) is 1. The lowest BCUT2D eigenvalue weighted by atomic mass is 10.2. The van der Waals surface area contributed by atoms with E-state index in [9.17, 15) is 0 Å². The van der Waals surface area contributed by atoms with Crippen LogP contribution in [0, 0.1) is 11.8 Å². The first-order valence-electron chi connectivity index (χ1n) is 4.28. The van der Waals surface area contributed by atoms with Crippen molar-refractivity contribution in [1.82, 2.24) is 5.43 Å². The Labute approximate surface area is 79.6 Å². The van der Waals surface area contributed by atoms with Crippen molar-refractivity contribution in [3.8, 4) is 11.8 Å². The predicted molar refractivity (Wildman–Crippen MR) is 56.8 cm³/mol. The van der Waals surface area contributed by atoms with Crippen molar-refractivity contribution in [3.05, 3.63) is 0 Å². The van der Waals surface area contributed by atoms with Crippen molar-refractivity contribution < 1.29 is 0 Å². The van der Waals surface area contributed by atoms with Gasteiger partial charge in [-0.1, -0.05) is 6.92 Å². The fourth-order valence-electron chi connectivity index (χ4n) is 0.761. The quantitative estimate of drug-likeness (QED) is 0.285. The van der Waals surface area contributed by atoms with Crippen LogP contribution in [0.1, 0.15) is 26.7 Å². The number of rotatable bonds is 6. The predicted octanol–water partition coefficient (Wildman–Crippen LogP) is 1.37. The summed E-state index contributed by atoms with van der Waals surface area (Å²) in [5, 5.41) is 0. The lowest BCUT2D eigenvalue weighted by molar-refractivity contribution is 0.591. The van der Waals surface area contributed by atoms with Crippen molar-refractivity contribution in [3.63, 3.8) is 0 Å². The molecular formula is C9H18N2S. The number of thioether (sulfide) groups is 1. The van der Waals surface area contributed by atoms with Gasteiger partial charge in [0.05, 0.1) is 0 Å². The molecule has 0 amide bonds. The molecule has 3 heteroatoms. The maximum Gasteiger partial charge on any atom is 0.0410 e. The zero-order valence-corrected chi connectivity index (χ0v) is 8.71. The lowest BCUT2D eigenvalue weighted by Crippen LogP contribution is -2.36. The summed E-state index contributed by atoms with van der Waals surface area (Å²) in [4.78, 5) is 0. The fourth-order valence-corrected chi connectivity index (χ4v) is 1.72. The minimum atomic E-state index is 0.342. The van der Waals surface area contributed by atoms with Gasteiger partial charge in [0.2, 0.25) is 0 Å². The Morgan fingerprint density at radius 1 is 1.58 bits per heavy atom. The summed E-state index contributed by atoms with van der Waals surface area (Å²) in [6.07, 6.45) is 2.07. The topological polar surface area (TPSA) is 38.0 Å². The first kappa shape index (κ1) is 11.8. The summed E-state index contributed by atoms with van der Waals surface area (Å²) < 4.78 is 0. The first-order chi connectivity index (χ1) is 5.85. The Kier molecular flexibility index (Phi) is 8.80. The summed E-state index contributed by atoms with van der Waals surface area (Å²) in [5.41, 5.74) is 2.77. The maximum atomic E-state index is 5.36. The highest BCUT2D eigenvalue weighted by atomic mass is 32.2. The Morgan fingerprint density at radius 2 is 2.33 bits per heavy atom. The Bertz CT molecular complexity index is 148. The minimum absolute atomic E-state index is 0.342. The van der Waals surface area contributed by atoms with Crippen LogP contribution in [0.3, 0.4) is 0 Å². The van der Waals surface area contributed by atoms with E-state index in [0.717, 1.165) is 12.2 Å². The summed E-state index contributed by atoms with van der Waals surface area (Å²) in [6, 6.07) is 0.342. The molecule has 0 bridgehead atoms. The van der Waals surface area contributed by atoms with Crippen LogP contribution in [-0.4, -0.2) is 17.5 Å². The highest BCUT2D eigenvalue weighted by Gasteiger charge is 2.02. The molecule has 0 saturated heterocycles. The Hall–Kier alpha value is -0.170. The highest BCUT2D eigenvalue weighted by Crippen LogP contribution is 2.05. The average molecular weight is 186 g/mol.